The molecule has 4 nitrogen and oxygen atoms in total. The maximum atomic E-state index is 4.64. The second kappa shape index (κ2) is 5.74. The standard InChI is InChI=1S/C14H26N4/c1-11(9-17(3)4)15-14-16-12(2)10-18(14)13-7-5-6-8-13/h10-11,13H,5-9H2,1-4H3,(H,15,16). The largest absolute Gasteiger partial charge is 0.352 e. The molecule has 18 heavy (non-hydrogen) atoms. The van der Waals surface area contributed by atoms with E-state index in [4.69, 9.17) is 0 Å². The van der Waals surface area contributed by atoms with Gasteiger partial charge in [0.1, 0.15) is 0 Å². The molecule has 1 aliphatic rings. The third-order valence-corrected chi connectivity index (χ3v) is 3.59. The fourth-order valence-electron chi connectivity index (χ4n) is 2.90. The second-order valence-electron chi connectivity index (χ2n) is 5.86. The Morgan fingerprint density at radius 1 is 1.44 bits per heavy atom. The lowest BCUT2D eigenvalue weighted by Gasteiger charge is -2.21. The molecule has 0 spiro atoms. The van der Waals surface area contributed by atoms with Crippen molar-refractivity contribution in [3.05, 3.63) is 11.9 Å². The number of hydrogen-bond donors (Lipinski definition) is 1. The second-order valence-corrected chi connectivity index (χ2v) is 5.86. The molecule has 2 rings (SSSR count). The van der Waals surface area contributed by atoms with Crippen LogP contribution >= 0.6 is 0 Å². The van der Waals surface area contributed by atoms with Gasteiger partial charge >= 0.3 is 0 Å². The SMILES string of the molecule is Cc1cn(C2CCCC2)c(NC(C)CN(C)C)n1. The van der Waals surface area contributed by atoms with Crippen molar-refractivity contribution in [3.63, 3.8) is 0 Å². The van der Waals surface area contributed by atoms with E-state index in [2.05, 4.69) is 53.9 Å². The summed E-state index contributed by atoms with van der Waals surface area (Å²) in [6.45, 7) is 5.31. The molecule has 0 radical (unpaired) electrons. The number of anilines is 1. The summed E-state index contributed by atoms with van der Waals surface area (Å²) < 4.78 is 2.36. The van der Waals surface area contributed by atoms with Gasteiger partial charge in [0.05, 0.1) is 5.69 Å². The minimum Gasteiger partial charge on any atom is -0.352 e. The van der Waals surface area contributed by atoms with Crippen LogP contribution in [0.3, 0.4) is 0 Å². The number of imidazole rings is 1. The third kappa shape index (κ3) is 3.25. The highest BCUT2D eigenvalue weighted by molar-refractivity contribution is 5.31. The molecule has 1 unspecified atom stereocenters. The van der Waals surface area contributed by atoms with E-state index in [1.807, 2.05) is 0 Å². The lowest BCUT2D eigenvalue weighted by molar-refractivity contribution is 0.390. The number of rotatable bonds is 5. The Bertz CT molecular complexity index is 377. The predicted octanol–water partition coefficient (Wildman–Crippen LogP) is 2.67. The van der Waals surface area contributed by atoms with E-state index in [-0.39, 0.29) is 0 Å². The zero-order valence-electron chi connectivity index (χ0n) is 12.1. The Labute approximate surface area is 110 Å². The van der Waals surface area contributed by atoms with Crippen molar-refractivity contribution in [3.8, 4) is 0 Å². The highest BCUT2D eigenvalue weighted by Gasteiger charge is 2.20. The van der Waals surface area contributed by atoms with Crippen LogP contribution in [0.25, 0.3) is 0 Å². The van der Waals surface area contributed by atoms with Crippen LogP contribution in [-0.2, 0) is 0 Å². The van der Waals surface area contributed by atoms with Crippen molar-refractivity contribution in [1.82, 2.24) is 14.5 Å². The molecular formula is C14H26N4. The van der Waals surface area contributed by atoms with Crippen LogP contribution in [0.15, 0.2) is 6.20 Å². The summed E-state index contributed by atoms with van der Waals surface area (Å²) in [5.41, 5.74) is 1.11. The monoisotopic (exact) mass is 250 g/mol. The smallest absolute Gasteiger partial charge is 0.203 e. The Kier molecular flexibility index (Phi) is 4.27. The number of aryl methyl sites for hydroxylation is 1. The maximum absolute atomic E-state index is 4.64. The first-order valence-electron chi connectivity index (χ1n) is 7.03. The molecule has 1 saturated carbocycles. The first kappa shape index (κ1) is 13.4. The zero-order chi connectivity index (χ0) is 13.1. The molecule has 1 fully saturated rings. The highest BCUT2D eigenvalue weighted by atomic mass is 15.2. The van der Waals surface area contributed by atoms with Crippen LogP contribution in [0.4, 0.5) is 5.95 Å². The number of likely N-dealkylation sites (N-methyl/N-ethyl adjacent to an activating group) is 1. The highest BCUT2D eigenvalue weighted by Crippen LogP contribution is 2.32. The zero-order valence-corrected chi connectivity index (χ0v) is 12.1. The number of nitrogens with one attached hydrogen (secondary N) is 1. The van der Waals surface area contributed by atoms with Gasteiger partial charge in [-0.2, -0.15) is 0 Å². The molecule has 1 heterocycles. The Morgan fingerprint density at radius 2 is 2.11 bits per heavy atom. The van der Waals surface area contributed by atoms with E-state index in [0.717, 1.165) is 18.2 Å². The summed E-state index contributed by atoms with van der Waals surface area (Å²) >= 11 is 0. The quantitative estimate of drug-likeness (QED) is 0.872. The van der Waals surface area contributed by atoms with Gasteiger partial charge in [0.2, 0.25) is 5.95 Å². The number of nitrogens with zero attached hydrogens (tertiary/aromatic N) is 3. The van der Waals surface area contributed by atoms with Crippen LogP contribution in [0, 0.1) is 6.92 Å². The summed E-state index contributed by atoms with van der Waals surface area (Å²) in [5, 5.41) is 3.55. The molecule has 4 heteroatoms. The van der Waals surface area contributed by atoms with E-state index in [1.165, 1.54) is 25.7 Å². The van der Waals surface area contributed by atoms with Crippen LogP contribution in [-0.4, -0.2) is 41.1 Å². The molecular weight excluding hydrogens is 224 g/mol. The van der Waals surface area contributed by atoms with Crippen LogP contribution in [0.2, 0.25) is 0 Å². The fourth-order valence-corrected chi connectivity index (χ4v) is 2.90. The van der Waals surface area contributed by atoms with Crippen molar-refractivity contribution < 1.29 is 0 Å². The van der Waals surface area contributed by atoms with Crippen LogP contribution in [0.5, 0.6) is 0 Å². The van der Waals surface area contributed by atoms with Gasteiger partial charge in [-0.3, -0.25) is 0 Å². The predicted molar refractivity (Wildman–Crippen MR) is 76.1 cm³/mol. The molecule has 1 N–H and O–H groups in total. The average Bonchev–Trinajstić information content (AvgIpc) is 2.85. The number of hydrogen-bond acceptors (Lipinski definition) is 3. The lowest BCUT2D eigenvalue weighted by atomic mass is 10.2. The molecule has 0 saturated heterocycles. The Balaban J connectivity index is 2.07. The van der Waals surface area contributed by atoms with Gasteiger partial charge in [-0.05, 0) is 40.8 Å². The fraction of sp³-hybridized carbons (Fsp3) is 0.786. The van der Waals surface area contributed by atoms with E-state index in [1.54, 1.807) is 0 Å². The third-order valence-electron chi connectivity index (χ3n) is 3.59. The van der Waals surface area contributed by atoms with Gasteiger partial charge in [0, 0.05) is 24.8 Å². The first-order valence-corrected chi connectivity index (χ1v) is 7.03. The lowest BCUT2D eigenvalue weighted by Crippen LogP contribution is -2.31. The van der Waals surface area contributed by atoms with E-state index in [0.29, 0.717) is 12.1 Å². The van der Waals surface area contributed by atoms with Crippen LogP contribution in [0.1, 0.15) is 44.3 Å². The van der Waals surface area contributed by atoms with Gasteiger partial charge in [-0.15, -0.1) is 0 Å². The van der Waals surface area contributed by atoms with Crippen molar-refractivity contribution >= 4 is 5.95 Å². The topological polar surface area (TPSA) is 33.1 Å². The summed E-state index contributed by atoms with van der Waals surface area (Å²) in [7, 11) is 4.21. The van der Waals surface area contributed by atoms with Crippen LogP contribution < -0.4 is 5.32 Å². The first-order chi connectivity index (χ1) is 8.56. The van der Waals surface area contributed by atoms with Crippen molar-refractivity contribution in [2.45, 2.75) is 51.6 Å². The van der Waals surface area contributed by atoms with Crippen molar-refractivity contribution in [2.75, 3.05) is 26.0 Å². The van der Waals surface area contributed by atoms with Gasteiger partial charge in [-0.1, -0.05) is 12.8 Å². The Morgan fingerprint density at radius 3 is 2.72 bits per heavy atom. The molecule has 0 aromatic carbocycles. The number of aromatic nitrogens is 2. The Hall–Kier alpha value is -1.03. The summed E-state index contributed by atoms with van der Waals surface area (Å²) in [6, 6.07) is 1.07. The summed E-state index contributed by atoms with van der Waals surface area (Å²) in [6.07, 6.45) is 7.50. The van der Waals surface area contributed by atoms with E-state index < -0.39 is 0 Å². The minimum absolute atomic E-state index is 0.418. The minimum atomic E-state index is 0.418. The molecule has 1 aromatic rings. The molecule has 1 aromatic heterocycles. The molecule has 0 bridgehead atoms. The van der Waals surface area contributed by atoms with E-state index >= 15 is 0 Å². The van der Waals surface area contributed by atoms with Gasteiger partial charge in [0.25, 0.3) is 0 Å². The van der Waals surface area contributed by atoms with Gasteiger partial charge in [-0.25, -0.2) is 4.98 Å². The maximum Gasteiger partial charge on any atom is 0.203 e. The van der Waals surface area contributed by atoms with Gasteiger partial charge in [0.15, 0.2) is 0 Å². The average molecular weight is 250 g/mol. The normalized spacial score (nSPS) is 18.5. The van der Waals surface area contributed by atoms with Crippen molar-refractivity contribution in [1.29, 1.82) is 0 Å². The summed E-state index contributed by atoms with van der Waals surface area (Å²) in [4.78, 5) is 6.84. The molecule has 1 aliphatic carbocycles. The van der Waals surface area contributed by atoms with Gasteiger partial charge < -0.3 is 14.8 Å². The van der Waals surface area contributed by atoms with Crippen molar-refractivity contribution in [2.24, 2.45) is 0 Å². The molecule has 102 valence electrons. The van der Waals surface area contributed by atoms with E-state index in [9.17, 15) is 0 Å². The summed E-state index contributed by atoms with van der Waals surface area (Å²) in [5.74, 6) is 1.05. The molecule has 0 aliphatic heterocycles. The molecule has 0 amide bonds. The molecule has 1 atom stereocenters.